The summed E-state index contributed by atoms with van der Waals surface area (Å²) in [5, 5.41) is 11.4. The number of nitrogens with two attached hydrogens (primary N) is 1. The Kier molecular flexibility index (Phi) is 8.96. The first-order valence-corrected chi connectivity index (χ1v) is 14.0. The zero-order valence-electron chi connectivity index (χ0n) is 21.4. The number of aliphatic imine (C=N–C) groups is 1. The number of isocyanates is 1. The Morgan fingerprint density at radius 1 is 1.13 bits per heavy atom. The molecular formula is C26H30N5O7P. The highest BCUT2D eigenvalue weighted by Crippen LogP contribution is 2.39. The third-order valence-corrected chi connectivity index (χ3v) is 6.60. The molecule has 0 saturated carbocycles. The summed E-state index contributed by atoms with van der Waals surface area (Å²) in [6.45, 7) is 3.29. The average molecular weight is 556 g/mol. The first-order valence-electron chi connectivity index (χ1n) is 12.5. The Hall–Kier alpha value is -3.79. The summed E-state index contributed by atoms with van der Waals surface area (Å²) in [5.74, 6) is 0.913. The SMILES string of the molecule is CCCCc1nc2c(N)nc3cc(CCOCCN=C=O)ccc3c2n1Cc1cc(OP(=O)(O)O)ccc1O. The summed E-state index contributed by atoms with van der Waals surface area (Å²) < 4.78 is 23.5. The fraction of sp³-hybridized carbons (Fsp3) is 0.346. The number of phenolic OH excluding ortho intramolecular Hbond substituents is 1. The van der Waals surface area contributed by atoms with Gasteiger partial charge in [0.25, 0.3) is 0 Å². The summed E-state index contributed by atoms with van der Waals surface area (Å²) in [5.41, 5.74) is 9.71. The number of carbonyl (C=O) groups excluding carboxylic acids is 1. The number of benzene rings is 2. The molecule has 2 aromatic heterocycles. The molecule has 0 aliphatic rings. The van der Waals surface area contributed by atoms with Gasteiger partial charge >= 0.3 is 7.82 Å². The van der Waals surface area contributed by atoms with Gasteiger partial charge < -0.3 is 24.7 Å². The fourth-order valence-electron chi connectivity index (χ4n) is 4.36. The second kappa shape index (κ2) is 12.4. The minimum atomic E-state index is -4.77. The molecule has 0 atom stereocenters. The molecule has 0 aliphatic heterocycles. The van der Waals surface area contributed by atoms with Crippen LogP contribution in [0.5, 0.6) is 11.5 Å². The van der Waals surface area contributed by atoms with Crippen LogP contribution in [0.4, 0.5) is 5.82 Å². The van der Waals surface area contributed by atoms with Gasteiger partial charge in [-0.05, 0) is 42.7 Å². The number of fused-ring (bicyclic) bond motifs is 3. The second-order valence-electron chi connectivity index (χ2n) is 8.97. The van der Waals surface area contributed by atoms with Gasteiger partial charge in [-0.1, -0.05) is 25.5 Å². The molecule has 2 aromatic carbocycles. The molecule has 2 heterocycles. The number of phosphoric ester groups is 1. The number of rotatable bonds is 13. The minimum Gasteiger partial charge on any atom is -0.508 e. The minimum absolute atomic E-state index is 0.0520. The van der Waals surface area contributed by atoms with Crippen molar-refractivity contribution in [3.8, 4) is 11.5 Å². The lowest BCUT2D eigenvalue weighted by Gasteiger charge is -2.14. The van der Waals surface area contributed by atoms with Crippen molar-refractivity contribution in [1.82, 2.24) is 14.5 Å². The third kappa shape index (κ3) is 7.00. The fourth-order valence-corrected chi connectivity index (χ4v) is 4.74. The molecule has 0 bridgehead atoms. The molecule has 5 N–H and O–H groups in total. The van der Waals surface area contributed by atoms with Crippen LogP contribution in [0.25, 0.3) is 21.9 Å². The number of aryl methyl sites for hydroxylation is 1. The van der Waals surface area contributed by atoms with Crippen LogP contribution in [-0.4, -0.2) is 55.3 Å². The summed E-state index contributed by atoms with van der Waals surface area (Å²) in [7, 11) is -4.77. The first kappa shape index (κ1) is 28.2. The van der Waals surface area contributed by atoms with Crippen molar-refractivity contribution in [2.24, 2.45) is 4.99 Å². The number of unbranched alkanes of at least 4 members (excludes halogenated alkanes) is 1. The van der Waals surface area contributed by atoms with Crippen LogP contribution in [0.15, 0.2) is 41.4 Å². The van der Waals surface area contributed by atoms with Crippen LogP contribution >= 0.6 is 7.82 Å². The van der Waals surface area contributed by atoms with Crippen molar-refractivity contribution in [2.75, 3.05) is 25.5 Å². The highest BCUT2D eigenvalue weighted by Gasteiger charge is 2.20. The molecule has 39 heavy (non-hydrogen) atoms. The van der Waals surface area contributed by atoms with E-state index < -0.39 is 7.82 Å². The average Bonchev–Trinajstić information content (AvgIpc) is 3.24. The van der Waals surface area contributed by atoms with Crippen LogP contribution in [0, 0.1) is 0 Å². The van der Waals surface area contributed by atoms with Gasteiger partial charge in [-0.2, -0.15) is 0 Å². The van der Waals surface area contributed by atoms with Gasteiger partial charge in [0.1, 0.15) is 22.8 Å². The number of phosphoric acid groups is 1. The topological polar surface area (TPSA) is 182 Å². The van der Waals surface area contributed by atoms with Crippen molar-refractivity contribution in [1.29, 1.82) is 0 Å². The van der Waals surface area contributed by atoms with Crippen LogP contribution < -0.4 is 10.3 Å². The molecule has 0 amide bonds. The molecule has 0 spiro atoms. The maximum atomic E-state index is 11.3. The molecule has 206 valence electrons. The number of hydrogen-bond donors (Lipinski definition) is 4. The van der Waals surface area contributed by atoms with Crippen LogP contribution in [0.1, 0.15) is 36.7 Å². The summed E-state index contributed by atoms with van der Waals surface area (Å²) in [6, 6.07) is 9.88. The quantitative estimate of drug-likeness (QED) is 0.0822. The lowest BCUT2D eigenvalue weighted by molar-refractivity contribution is 0.145. The third-order valence-electron chi connectivity index (χ3n) is 6.15. The maximum Gasteiger partial charge on any atom is 0.524 e. The Morgan fingerprint density at radius 3 is 2.69 bits per heavy atom. The number of imidazole rings is 1. The van der Waals surface area contributed by atoms with Gasteiger partial charge in [-0.3, -0.25) is 9.79 Å². The van der Waals surface area contributed by atoms with E-state index in [-0.39, 0.29) is 30.4 Å². The van der Waals surface area contributed by atoms with Crippen molar-refractivity contribution < 1.29 is 33.5 Å². The molecule has 0 saturated heterocycles. The van der Waals surface area contributed by atoms with E-state index in [1.165, 1.54) is 24.3 Å². The monoisotopic (exact) mass is 555 g/mol. The Morgan fingerprint density at radius 2 is 1.95 bits per heavy atom. The zero-order chi connectivity index (χ0) is 28.0. The van der Waals surface area contributed by atoms with Crippen LogP contribution in [0.2, 0.25) is 0 Å². The van der Waals surface area contributed by atoms with Crippen molar-refractivity contribution in [3.05, 3.63) is 53.3 Å². The van der Waals surface area contributed by atoms with E-state index in [9.17, 15) is 24.3 Å². The predicted octanol–water partition coefficient (Wildman–Crippen LogP) is 3.63. The Labute approximate surface area is 224 Å². The van der Waals surface area contributed by atoms with E-state index in [1.54, 1.807) is 0 Å². The molecule has 0 radical (unpaired) electrons. The molecule has 0 fully saturated rings. The summed E-state index contributed by atoms with van der Waals surface area (Å²) >= 11 is 0. The number of anilines is 1. The van der Waals surface area contributed by atoms with Gasteiger partial charge in [0.15, 0.2) is 5.82 Å². The number of nitrogens with zero attached hydrogens (tertiary/aromatic N) is 4. The zero-order valence-corrected chi connectivity index (χ0v) is 22.3. The molecular weight excluding hydrogens is 525 g/mol. The van der Waals surface area contributed by atoms with Gasteiger partial charge in [-0.25, -0.2) is 24.3 Å². The summed E-state index contributed by atoms with van der Waals surface area (Å²) in [4.78, 5) is 41.4. The van der Waals surface area contributed by atoms with E-state index >= 15 is 0 Å². The highest BCUT2D eigenvalue weighted by molar-refractivity contribution is 7.46. The molecule has 12 nitrogen and oxygen atoms in total. The van der Waals surface area contributed by atoms with Gasteiger partial charge in [-0.15, -0.1) is 0 Å². The molecule has 0 unspecified atom stereocenters. The lowest BCUT2D eigenvalue weighted by atomic mass is 10.1. The van der Waals surface area contributed by atoms with E-state index in [1.807, 2.05) is 22.8 Å². The highest BCUT2D eigenvalue weighted by atomic mass is 31.2. The molecule has 4 rings (SSSR count). The van der Waals surface area contributed by atoms with Crippen molar-refractivity contribution >= 4 is 41.7 Å². The Bertz CT molecular complexity index is 1580. The van der Waals surface area contributed by atoms with Crippen molar-refractivity contribution in [2.45, 2.75) is 39.2 Å². The first-order chi connectivity index (χ1) is 18.7. The van der Waals surface area contributed by atoms with Gasteiger partial charge in [0.05, 0.1) is 37.3 Å². The molecule has 0 aliphatic carbocycles. The second-order valence-corrected chi connectivity index (χ2v) is 10.1. The lowest BCUT2D eigenvalue weighted by Crippen LogP contribution is -2.07. The van der Waals surface area contributed by atoms with Crippen molar-refractivity contribution in [3.63, 3.8) is 0 Å². The number of ether oxygens (including phenoxy) is 1. The van der Waals surface area contributed by atoms with E-state index in [2.05, 4.69) is 16.9 Å². The summed E-state index contributed by atoms with van der Waals surface area (Å²) in [6.07, 6.45) is 4.59. The van der Waals surface area contributed by atoms with Crippen LogP contribution in [0.3, 0.4) is 0 Å². The van der Waals surface area contributed by atoms with E-state index in [4.69, 9.17) is 20.0 Å². The van der Waals surface area contributed by atoms with E-state index in [0.717, 1.165) is 35.1 Å². The molecule has 4 aromatic rings. The molecule has 13 heteroatoms. The number of nitrogen functional groups attached to an aromatic ring is 1. The van der Waals surface area contributed by atoms with Crippen LogP contribution in [-0.2, 0) is 33.5 Å². The standard InChI is InChI=1S/C26H30N5O7P/c1-2-3-4-23-30-24-25(31(23)15-18-14-19(6-8-22(18)33)38-39(34,35)36)20-7-5-17(13-21(20)29-26(24)27)9-11-37-12-10-28-16-32/h5-8,13-14,33H,2-4,9-12,15H2,1H3,(H2,27,29)(H2,34,35,36). The van der Waals surface area contributed by atoms with Gasteiger partial charge in [0.2, 0.25) is 6.08 Å². The number of pyridine rings is 1. The number of hydrogen-bond acceptors (Lipinski definition) is 9. The smallest absolute Gasteiger partial charge is 0.508 e. The largest absolute Gasteiger partial charge is 0.524 e. The maximum absolute atomic E-state index is 11.3. The van der Waals surface area contributed by atoms with E-state index in [0.29, 0.717) is 42.7 Å². The Balaban J connectivity index is 1.74. The number of aromatic hydroxyl groups is 1. The van der Waals surface area contributed by atoms with Gasteiger partial charge in [0, 0.05) is 17.4 Å². The predicted molar refractivity (Wildman–Crippen MR) is 145 cm³/mol. The normalized spacial score (nSPS) is 11.7. The number of phenols is 1. The number of aromatic nitrogens is 3.